The molecule has 0 aliphatic carbocycles. The van der Waals surface area contributed by atoms with Crippen molar-refractivity contribution < 1.29 is 9.47 Å². The van der Waals surface area contributed by atoms with Crippen LogP contribution in [0.5, 0.6) is 17.2 Å². The fourth-order valence-electron chi connectivity index (χ4n) is 1.40. The maximum absolute atomic E-state index is 5.65. The van der Waals surface area contributed by atoms with Crippen LogP contribution in [0.4, 0.5) is 0 Å². The van der Waals surface area contributed by atoms with Gasteiger partial charge in [0, 0.05) is 5.56 Å². The minimum Gasteiger partial charge on any atom is -0.497 e. The third kappa shape index (κ3) is 2.79. The molecule has 0 radical (unpaired) electrons. The molecule has 2 nitrogen and oxygen atoms in total. The highest BCUT2D eigenvalue weighted by Gasteiger charge is 1.97. The average Bonchev–Trinajstić information content (AvgIpc) is 2.40. The Balaban J connectivity index is 2.11. The van der Waals surface area contributed by atoms with Crippen molar-refractivity contribution in [2.75, 3.05) is 7.11 Å². The van der Waals surface area contributed by atoms with Crippen molar-refractivity contribution in [3.63, 3.8) is 0 Å². The summed E-state index contributed by atoms with van der Waals surface area (Å²) in [6.07, 6.45) is 5.28. The van der Waals surface area contributed by atoms with Crippen molar-refractivity contribution in [1.82, 2.24) is 0 Å². The molecule has 0 atom stereocenters. The quantitative estimate of drug-likeness (QED) is 0.743. The molecule has 0 aliphatic rings. The lowest BCUT2D eigenvalue weighted by Crippen LogP contribution is -1.85. The first-order valence-electron chi connectivity index (χ1n) is 5.20. The van der Waals surface area contributed by atoms with Gasteiger partial charge in [-0.25, -0.2) is 0 Å². The van der Waals surface area contributed by atoms with Gasteiger partial charge in [0.1, 0.15) is 17.2 Å². The molecule has 0 N–H and O–H groups in total. The number of ether oxygens (including phenoxy) is 2. The van der Waals surface area contributed by atoms with Crippen LogP contribution in [0.1, 0.15) is 5.56 Å². The van der Waals surface area contributed by atoms with E-state index in [2.05, 4.69) is 5.92 Å². The second-order valence-electron chi connectivity index (χ2n) is 3.45. The molecule has 0 aromatic heterocycles. The van der Waals surface area contributed by atoms with Crippen LogP contribution in [0.25, 0.3) is 0 Å². The molecule has 2 heteroatoms. The Morgan fingerprint density at radius 2 is 1.29 bits per heavy atom. The van der Waals surface area contributed by atoms with Crippen LogP contribution < -0.4 is 9.47 Å². The minimum absolute atomic E-state index is 0.758. The van der Waals surface area contributed by atoms with E-state index < -0.39 is 0 Å². The summed E-state index contributed by atoms with van der Waals surface area (Å²) in [5.41, 5.74) is 0.840. The summed E-state index contributed by atoms with van der Waals surface area (Å²) in [5.74, 6) is 4.89. The molecular formula is C15H12O2. The van der Waals surface area contributed by atoms with Crippen LogP contribution in [-0.4, -0.2) is 7.11 Å². The van der Waals surface area contributed by atoms with Gasteiger partial charge in [-0.15, -0.1) is 6.42 Å². The van der Waals surface area contributed by atoms with Crippen LogP contribution >= 0.6 is 0 Å². The van der Waals surface area contributed by atoms with E-state index in [0.717, 1.165) is 22.8 Å². The summed E-state index contributed by atoms with van der Waals surface area (Å²) in [6, 6.07) is 14.8. The lowest BCUT2D eigenvalue weighted by Gasteiger charge is -2.06. The van der Waals surface area contributed by atoms with Crippen molar-refractivity contribution in [3.05, 3.63) is 54.1 Å². The number of methoxy groups -OCH3 is 1. The zero-order valence-electron chi connectivity index (χ0n) is 9.51. The van der Waals surface area contributed by atoms with Crippen LogP contribution in [0.2, 0.25) is 0 Å². The summed E-state index contributed by atoms with van der Waals surface area (Å²) in [4.78, 5) is 0. The van der Waals surface area contributed by atoms with Gasteiger partial charge in [0.25, 0.3) is 0 Å². The van der Waals surface area contributed by atoms with Gasteiger partial charge in [-0.05, 0) is 48.5 Å². The maximum atomic E-state index is 5.65. The number of rotatable bonds is 3. The molecule has 2 rings (SSSR count). The Morgan fingerprint density at radius 1 is 0.824 bits per heavy atom. The largest absolute Gasteiger partial charge is 0.497 e. The topological polar surface area (TPSA) is 18.5 Å². The first kappa shape index (κ1) is 11.1. The second-order valence-corrected chi connectivity index (χ2v) is 3.45. The normalized spacial score (nSPS) is 9.41. The molecule has 0 amide bonds. The maximum Gasteiger partial charge on any atom is 0.127 e. The van der Waals surface area contributed by atoms with Gasteiger partial charge < -0.3 is 9.47 Å². The molecular weight excluding hydrogens is 212 g/mol. The summed E-state index contributed by atoms with van der Waals surface area (Å²) >= 11 is 0. The molecule has 0 heterocycles. The van der Waals surface area contributed by atoms with E-state index in [1.54, 1.807) is 7.11 Å². The predicted molar refractivity (Wildman–Crippen MR) is 67.4 cm³/mol. The fraction of sp³-hybridized carbons (Fsp3) is 0.0667. The van der Waals surface area contributed by atoms with E-state index in [9.17, 15) is 0 Å². The highest BCUT2D eigenvalue weighted by Crippen LogP contribution is 2.23. The number of benzene rings is 2. The van der Waals surface area contributed by atoms with Crippen molar-refractivity contribution in [2.24, 2.45) is 0 Å². The molecule has 2 aromatic carbocycles. The highest BCUT2D eigenvalue weighted by molar-refractivity contribution is 5.39. The zero-order chi connectivity index (χ0) is 12.1. The molecule has 0 saturated carbocycles. The SMILES string of the molecule is C#Cc1ccc(Oc2ccc(OC)cc2)cc1. The monoisotopic (exact) mass is 224 g/mol. The molecule has 0 aliphatic heterocycles. The fourth-order valence-corrected chi connectivity index (χ4v) is 1.40. The van der Waals surface area contributed by atoms with Gasteiger partial charge in [-0.1, -0.05) is 5.92 Å². The Morgan fingerprint density at radius 3 is 1.76 bits per heavy atom. The Labute approximate surface area is 101 Å². The highest BCUT2D eigenvalue weighted by atomic mass is 16.5. The molecule has 0 saturated heterocycles. The summed E-state index contributed by atoms with van der Waals surface area (Å²) in [5, 5.41) is 0. The number of hydrogen-bond donors (Lipinski definition) is 0. The van der Waals surface area contributed by atoms with Gasteiger partial charge in [0.15, 0.2) is 0 Å². The van der Waals surface area contributed by atoms with E-state index in [4.69, 9.17) is 15.9 Å². The van der Waals surface area contributed by atoms with E-state index in [-0.39, 0.29) is 0 Å². The molecule has 17 heavy (non-hydrogen) atoms. The predicted octanol–water partition coefficient (Wildman–Crippen LogP) is 3.47. The van der Waals surface area contributed by atoms with Gasteiger partial charge in [-0.3, -0.25) is 0 Å². The number of terminal acetylenes is 1. The molecule has 0 bridgehead atoms. The second kappa shape index (κ2) is 5.09. The summed E-state index contributed by atoms with van der Waals surface area (Å²) < 4.78 is 10.7. The number of hydrogen-bond acceptors (Lipinski definition) is 2. The van der Waals surface area contributed by atoms with E-state index >= 15 is 0 Å². The lowest BCUT2D eigenvalue weighted by molar-refractivity contribution is 0.413. The average molecular weight is 224 g/mol. The summed E-state index contributed by atoms with van der Waals surface area (Å²) in [7, 11) is 1.63. The lowest BCUT2D eigenvalue weighted by atomic mass is 10.2. The third-order valence-electron chi connectivity index (χ3n) is 2.32. The van der Waals surface area contributed by atoms with Crippen LogP contribution in [0.3, 0.4) is 0 Å². The summed E-state index contributed by atoms with van der Waals surface area (Å²) in [6.45, 7) is 0. The van der Waals surface area contributed by atoms with Crippen LogP contribution in [0, 0.1) is 12.3 Å². The molecule has 0 unspecified atom stereocenters. The molecule has 84 valence electrons. The van der Waals surface area contributed by atoms with Gasteiger partial charge >= 0.3 is 0 Å². The van der Waals surface area contributed by atoms with Gasteiger partial charge in [0.2, 0.25) is 0 Å². The third-order valence-corrected chi connectivity index (χ3v) is 2.32. The Hall–Kier alpha value is -2.40. The van der Waals surface area contributed by atoms with E-state index in [0.29, 0.717) is 0 Å². The van der Waals surface area contributed by atoms with Gasteiger partial charge in [-0.2, -0.15) is 0 Å². The molecule has 0 spiro atoms. The first-order valence-corrected chi connectivity index (χ1v) is 5.20. The smallest absolute Gasteiger partial charge is 0.127 e. The van der Waals surface area contributed by atoms with E-state index in [1.807, 2.05) is 48.5 Å². The standard InChI is InChI=1S/C15H12O2/c1-3-12-4-6-14(7-5-12)17-15-10-8-13(16-2)9-11-15/h1,4-11H,2H3. The van der Waals surface area contributed by atoms with Gasteiger partial charge in [0.05, 0.1) is 7.11 Å². The van der Waals surface area contributed by atoms with Crippen molar-refractivity contribution in [3.8, 4) is 29.6 Å². The first-order chi connectivity index (χ1) is 8.31. The van der Waals surface area contributed by atoms with Crippen molar-refractivity contribution >= 4 is 0 Å². The van der Waals surface area contributed by atoms with E-state index in [1.165, 1.54) is 0 Å². The minimum atomic E-state index is 0.758. The Kier molecular flexibility index (Phi) is 3.32. The van der Waals surface area contributed by atoms with Crippen molar-refractivity contribution in [1.29, 1.82) is 0 Å². The molecule has 2 aromatic rings. The van der Waals surface area contributed by atoms with Crippen LogP contribution in [0.15, 0.2) is 48.5 Å². The van der Waals surface area contributed by atoms with Crippen molar-refractivity contribution in [2.45, 2.75) is 0 Å². The zero-order valence-corrected chi connectivity index (χ0v) is 9.51. The molecule has 0 fully saturated rings. The Bertz CT molecular complexity index is 518. The van der Waals surface area contributed by atoms with Crippen LogP contribution in [-0.2, 0) is 0 Å².